The van der Waals surface area contributed by atoms with Crippen molar-refractivity contribution in [1.29, 1.82) is 0 Å². The highest BCUT2D eigenvalue weighted by Gasteiger charge is 2.06. The smallest absolute Gasteiger partial charge is 0.269 e. The second-order valence-electron chi connectivity index (χ2n) is 3.99. The van der Waals surface area contributed by atoms with Crippen molar-refractivity contribution in [3.63, 3.8) is 0 Å². The van der Waals surface area contributed by atoms with E-state index in [-0.39, 0.29) is 5.91 Å². The zero-order chi connectivity index (χ0) is 12.8. The topological polar surface area (TPSA) is 51.2 Å². The monoisotopic (exact) mass is 244 g/mol. The molecule has 0 aliphatic carbocycles. The standard InChI is InChI=1S/C14H16N2O2/c1-18-10-4-9-15-14(17)13-8-7-11-5-2-3-6-12(11)16-13/h2-3,5-8H,4,9-10H2,1H3,(H,15,17). The lowest BCUT2D eigenvalue weighted by atomic mass is 10.2. The molecule has 1 amide bonds. The fourth-order valence-corrected chi connectivity index (χ4v) is 1.70. The maximum absolute atomic E-state index is 11.8. The van der Waals surface area contributed by atoms with E-state index >= 15 is 0 Å². The van der Waals surface area contributed by atoms with Crippen LogP contribution in [-0.2, 0) is 4.74 Å². The first-order valence-corrected chi connectivity index (χ1v) is 5.94. The number of methoxy groups -OCH3 is 1. The van der Waals surface area contributed by atoms with Gasteiger partial charge in [-0.25, -0.2) is 4.98 Å². The molecule has 2 aromatic rings. The van der Waals surface area contributed by atoms with Crippen LogP contribution < -0.4 is 5.32 Å². The van der Waals surface area contributed by atoms with Crippen molar-refractivity contribution in [3.05, 3.63) is 42.1 Å². The lowest BCUT2D eigenvalue weighted by Gasteiger charge is -2.05. The minimum Gasteiger partial charge on any atom is -0.385 e. The second kappa shape index (κ2) is 6.12. The summed E-state index contributed by atoms with van der Waals surface area (Å²) in [7, 11) is 1.65. The quantitative estimate of drug-likeness (QED) is 0.818. The van der Waals surface area contributed by atoms with Gasteiger partial charge in [-0.2, -0.15) is 0 Å². The van der Waals surface area contributed by atoms with Gasteiger partial charge in [0.15, 0.2) is 0 Å². The van der Waals surface area contributed by atoms with Gasteiger partial charge in [0.25, 0.3) is 5.91 Å². The number of hydrogen-bond acceptors (Lipinski definition) is 3. The number of aromatic nitrogens is 1. The number of hydrogen-bond donors (Lipinski definition) is 1. The third-order valence-electron chi connectivity index (χ3n) is 2.64. The van der Waals surface area contributed by atoms with E-state index in [1.165, 1.54) is 0 Å². The number of nitrogens with zero attached hydrogens (tertiary/aromatic N) is 1. The SMILES string of the molecule is COCCCNC(=O)c1ccc2ccccc2n1. The predicted octanol–water partition coefficient (Wildman–Crippen LogP) is 2.00. The van der Waals surface area contributed by atoms with E-state index in [1.807, 2.05) is 30.3 Å². The highest BCUT2D eigenvalue weighted by atomic mass is 16.5. The molecular weight excluding hydrogens is 228 g/mol. The largest absolute Gasteiger partial charge is 0.385 e. The Hall–Kier alpha value is -1.94. The number of nitrogens with one attached hydrogen (secondary N) is 1. The Morgan fingerprint density at radius 1 is 1.28 bits per heavy atom. The van der Waals surface area contributed by atoms with Crippen LogP contribution in [0.1, 0.15) is 16.9 Å². The molecule has 1 aromatic heterocycles. The molecule has 94 valence electrons. The average Bonchev–Trinajstić information content (AvgIpc) is 2.43. The number of rotatable bonds is 5. The summed E-state index contributed by atoms with van der Waals surface area (Å²) in [5.74, 6) is -0.142. The minimum absolute atomic E-state index is 0.142. The van der Waals surface area contributed by atoms with Crippen LogP contribution >= 0.6 is 0 Å². The van der Waals surface area contributed by atoms with Crippen molar-refractivity contribution < 1.29 is 9.53 Å². The Bertz CT molecular complexity index is 540. The van der Waals surface area contributed by atoms with Gasteiger partial charge in [-0.15, -0.1) is 0 Å². The Labute approximate surface area is 106 Å². The van der Waals surface area contributed by atoms with Crippen LogP contribution in [-0.4, -0.2) is 31.2 Å². The van der Waals surface area contributed by atoms with Gasteiger partial charge in [0.1, 0.15) is 5.69 Å². The number of pyridine rings is 1. The van der Waals surface area contributed by atoms with E-state index in [9.17, 15) is 4.79 Å². The predicted molar refractivity (Wildman–Crippen MR) is 70.6 cm³/mol. The van der Waals surface area contributed by atoms with Crippen LogP contribution in [0.4, 0.5) is 0 Å². The van der Waals surface area contributed by atoms with E-state index in [4.69, 9.17) is 4.74 Å². The fourth-order valence-electron chi connectivity index (χ4n) is 1.70. The molecule has 4 heteroatoms. The lowest BCUT2D eigenvalue weighted by Crippen LogP contribution is -2.26. The molecule has 0 saturated carbocycles. The maximum atomic E-state index is 11.8. The molecule has 0 unspecified atom stereocenters. The molecule has 18 heavy (non-hydrogen) atoms. The van der Waals surface area contributed by atoms with E-state index in [0.29, 0.717) is 18.8 Å². The molecule has 4 nitrogen and oxygen atoms in total. The van der Waals surface area contributed by atoms with Gasteiger partial charge < -0.3 is 10.1 Å². The maximum Gasteiger partial charge on any atom is 0.269 e. The van der Waals surface area contributed by atoms with Gasteiger partial charge in [0.05, 0.1) is 5.52 Å². The Balaban J connectivity index is 2.04. The third kappa shape index (κ3) is 3.05. The summed E-state index contributed by atoms with van der Waals surface area (Å²) in [5.41, 5.74) is 1.29. The van der Waals surface area contributed by atoms with Crippen molar-refractivity contribution in [2.24, 2.45) is 0 Å². The zero-order valence-electron chi connectivity index (χ0n) is 10.3. The number of fused-ring (bicyclic) bond motifs is 1. The summed E-state index contributed by atoms with van der Waals surface area (Å²) in [6.07, 6.45) is 0.801. The van der Waals surface area contributed by atoms with Crippen molar-refractivity contribution in [2.75, 3.05) is 20.3 Å². The Morgan fingerprint density at radius 3 is 2.94 bits per heavy atom. The van der Waals surface area contributed by atoms with E-state index in [0.717, 1.165) is 17.3 Å². The Kier molecular flexibility index (Phi) is 4.25. The van der Waals surface area contributed by atoms with Crippen LogP contribution in [0.25, 0.3) is 10.9 Å². The summed E-state index contributed by atoms with van der Waals surface area (Å²) in [4.78, 5) is 16.2. The van der Waals surface area contributed by atoms with Crippen molar-refractivity contribution in [2.45, 2.75) is 6.42 Å². The van der Waals surface area contributed by atoms with Crippen LogP contribution in [0.2, 0.25) is 0 Å². The number of carbonyl (C=O) groups is 1. The van der Waals surface area contributed by atoms with Crippen LogP contribution in [0, 0.1) is 0 Å². The highest BCUT2D eigenvalue weighted by molar-refractivity contribution is 5.94. The summed E-state index contributed by atoms with van der Waals surface area (Å²) < 4.78 is 4.92. The molecular formula is C14H16N2O2. The van der Waals surface area contributed by atoms with E-state index in [1.54, 1.807) is 13.2 Å². The molecule has 0 bridgehead atoms. The zero-order valence-corrected chi connectivity index (χ0v) is 10.3. The molecule has 0 radical (unpaired) electrons. The average molecular weight is 244 g/mol. The minimum atomic E-state index is -0.142. The van der Waals surface area contributed by atoms with Gasteiger partial charge in [-0.1, -0.05) is 24.3 Å². The number of benzene rings is 1. The lowest BCUT2D eigenvalue weighted by molar-refractivity contribution is 0.0944. The van der Waals surface area contributed by atoms with E-state index < -0.39 is 0 Å². The summed E-state index contributed by atoms with van der Waals surface area (Å²) in [5, 5.41) is 3.85. The number of amides is 1. The summed E-state index contributed by atoms with van der Waals surface area (Å²) in [6.45, 7) is 1.24. The van der Waals surface area contributed by atoms with Gasteiger partial charge in [0, 0.05) is 25.6 Å². The number of carbonyl (C=O) groups excluding carboxylic acids is 1. The molecule has 0 fully saturated rings. The first-order chi connectivity index (χ1) is 8.81. The van der Waals surface area contributed by atoms with Crippen molar-refractivity contribution in [3.8, 4) is 0 Å². The van der Waals surface area contributed by atoms with Gasteiger partial charge in [-0.05, 0) is 18.6 Å². The second-order valence-corrected chi connectivity index (χ2v) is 3.99. The summed E-state index contributed by atoms with van der Waals surface area (Å²) in [6, 6.07) is 11.4. The number of ether oxygens (including phenoxy) is 1. The first-order valence-electron chi connectivity index (χ1n) is 5.94. The molecule has 0 atom stereocenters. The highest BCUT2D eigenvalue weighted by Crippen LogP contribution is 2.11. The van der Waals surface area contributed by atoms with Crippen molar-refractivity contribution in [1.82, 2.24) is 10.3 Å². The van der Waals surface area contributed by atoms with Gasteiger partial charge in [0.2, 0.25) is 0 Å². The molecule has 1 heterocycles. The van der Waals surface area contributed by atoms with Gasteiger partial charge >= 0.3 is 0 Å². The fraction of sp³-hybridized carbons (Fsp3) is 0.286. The van der Waals surface area contributed by atoms with Gasteiger partial charge in [-0.3, -0.25) is 4.79 Å². The molecule has 0 aliphatic heterocycles. The van der Waals surface area contributed by atoms with Crippen LogP contribution in [0.3, 0.4) is 0 Å². The Morgan fingerprint density at radius 2 is 2.11 bits per heavy atom. The number of para-hydroxylation sites is 1. The molecule has 0 aliphatic rings. The summed E-state index contributed by atoms with van der Waals surface area (Å²) >= 11 is 0. The van der Waals surface area contributed by atoms with Crippen LogP contribution in [0.5, 0.6) is 0 Å². The normalized spacial score (nSPS) is 10.5. The molecule has 1 aromatic carbocycles. The molecule has 1 N–H and O–H groups in total. The first kappa shape index (κ1) is 12.5. The van der Waals surface area contributed by atoms with Crippen LogP contribution in [0.15, 0.2) is 36.4 Å². The van der Waals surface area contributed by atoms with E-state index in [2.05, 4.69) is 10.3 Å². The molecule has 0 saturated heterocycles. The molecule has 2 rings (SSSR count). The third-order valence-corrected chi connectivity index (χ3v) is 2.64. The molecule has 0 spiro atoms. The van der Waals surface area contributed by atoms with Crippen molar-refractivity contribution >= 4 is 16.8 Å².